The predicted molar refractivity (Wildman–Crippen MR) is 104 cm³/mol. The molecule has 4 aliphatic carbocycles. The van der Waals surface area contributed by atoms with Gasteiger partial charge in [0.15, 0.2) is 0 Å². The molecule has 5 rings (SSSR count). The fraction of sp³-hybridized carbons (Fsp3) is 0.800. The molecule has 4 bridgehead atoms. The van der Waals surface area contributed by atoms with E-state index < -0.39 is 61.9 Å². The van der Waals surface area contributed by atoms with Crippen LogP contribution in [0, 0.1) is 28.6 Å². The van der Waals surface area contributed by atoms with Gasteiger partial charge >= 0.3 is 11.9 Å². The van der Waals surface area contributed by atoms with Gasteiger partial charge in [-0.25, -0.2) is 0 Å². The second-order valence-electron chi connectivity index (χ2n) is 9.65. The summed E-state index contributed by atoms with van der Waals surface area (Å²) >= 11 is 2.07. The van der Waals surface area contributed by atoms with Crippen LogP contribution in [0.4, 0.5) is 0 Å². The molecule has 10 atom stereocenters. The first-order valence-electron chi connectivity index (χ1n) is 9.73. The molecule has 1 saturated heterocycles. The van der Waals surface area contributed by atoms with E-state index in [9.17, 15) is 24.9 Å². The van der Waals surface area contributed by atoms with Crippen LogP contribution in [-0.4, -0.2) is 61.7 Å². The van der Waals surface area contributed by atoms with Crippen LogP contribution in [0.25, 0.3) is 0 Å². The van der Waals surface area contributed by atoms with Crippen molar-refractivity contribution in [2.24, 2.45) is 28.6 Å². The zero-order valence-electron chi connectivity index (χ0n) is 15.9. The first-order valence-corrected chi connectivity index (χ1v) is 11.0. The minimum atomic E-state index is -1.41. The number of alkyl halides is 1. The van der Waals surface area contributed by atoms with Crippen molar-refractivity contribution in [1.82, 2.24) is 0 Å². The first-order chi connectivity index (χ1) is 13.0. The van der Waals surface area contributed by atoms with Gasteiger partial charge in [0.25, 0.3) is 0 Å². The zero-order valence-corrected chi connectivity index (χ0v) is 18.0. The molecule has 0 aromatic rings. The molecule has 28 heavy (non-hydrogen) atoms. The number of halogens is 1. The number of rotatable bonds is 1. The van der Waals surface area contributed by atoms with Gasteiger partial charge in [-0.05, 0) is 43.6 Å². The number of hydrogen-bond acceptors (Lipinski definition) is 7. The van der Waals surface area contributed by atoms with Gasteiger partial charge in [0.2, 0.25) is 0 Å². The molecule has 1 heterocycles. The third kappa shape index (κ3) is 1.71. The van der Waals surface area contributed by atoms with Gasteiger partial charge in [0.1, 0.15) is 11.0 Å². The van der Waals surface area contributed by atoms with E-state index in [1.165, 1.54) is 7.11 Å². The van der Waals surface area contributed by atoms with Crippen LogP contribution >= 0.6 is 22.6 Å². The fourth-order valence-corrected chi connectivity index (χ4v) is 9.09. The Kier molecular flexibility index (Phi) is 3.65. The number of ether oxygens (including phenoxy) is 2. The molecule has 8 heteroatoms. The lowest BCUT2D eigenvalue weighted by Gasteiger charge is -2.50. The highest BCUT2D eigenvalue weighted by Crippen LogP contribution is 2.79. The molecule has 4 saturated carbocycles. The molecule has 5 aliphatic rings. The van der Waals surface area contributed by atoms with E-state index in [0.29, 0.717) is 31.3 Å². The Hall–Kier alpha value is -0.710. The quantitative estimate of drug-likeness (QED) is 0.209. The van der Waals surface area contributed by atoms with Crippen LogP contribution in [-0.2, 0) is 19.1 Å². The third-order valence-corrected chi connectivity index (χ3v) is 10.5. The maximum absolute atomic E-state index is 13.1. The molecule has 0 aromatic carbocycles. The second-order valence-corrected chi connectivity index (χ2v) is 11.0. The molecule has 0 unspecified atom stereocenters. The summed E-state index contributed by atoms with van der Waals surface area (Å²) in [6.07, 6.45) is -0.621. The Labute approximate surface area is 176 Å². The largest absolute Gasteiger partial charge is 0.469 e. The number of hydrogen-bond donors (Lipinski definition) is 3. The predicted octanol–water partition coefficient (Wildman–Crippen LogP) is 0.724. The number of aliphatic hydroxyl groups is 3. The highest BCUT2D eigenvalue weighted by Gasteiger charge is 2.87. The summed E-state index contributed by atoms with van der Waals surface area (Å²) < 4.78 is 10.7. The smallest absolute Gasteiger partial charge is 0.315 e. The van der Waals surface area contributed by atoms with E-state index in [1.54, 1.807) is 6.92 Å². The number of fused-ring (bicyclic) bond motifs is 1. The Morgan fingerprint density at radius 3 is 2.71 bits per heavy atom. The Morgan fingerprint density at radius 2 is 2.07 bits per heavy atom. The summed E-state index contributed by atoms with van der Waals surface area (Å²) in [5, 5.41) is 32.9. The van der Waals surface area contributed by atoms with Crippen molar-refractivity contribution in [2.45, 2.75) is 59.9 Å². The number of esters is 2. The lowest BCUT2D eigenvalue weighted by molar-refractivity contribution is -0.166. The summed E-state index contributed by atoms with van der Waals surface area (Å²) in [4.78, 5) is 26.2. The molecule has 0 radical (unpaired) electrons. The Balaban J connectivity index is 1.80. The van der Waals surface area contributed by atoms with E-state index in [2.05, 4.69) is 29.2 Å². The van der Waals surface area contributed by atoms with E-state index in [0.717, 1.165) is 0 Å². The van der Waals surface area contributed by atoms with E-state index in [4.69, 9.17) is 9.47 Å². The number of aliphatic hydroxyl groups excluding tert-OH is 2. The maximum atomic E-state index is 13.1. The van der Waals surface area contributed by atoms with Gasteiger partial charge in [-0.3, -0.25) is 9.59 Å². The average molecular weight is 504 g/mol. The van der Waals surface area contributed by atoms with Crippen molar-refractivity contribution < 1.29 is 34.4 Å². The van der Waals surface area contributed by atoms with Crippen molar-refractivity contribution in [3.63, 3.8) is 0 Å². The van der Waals surface area contributed by atoms with Gasteiger partial charge in [-0.2, -0.15) is 0 Å². The number of carbonyl (C=O) groups is 2. The number of methoxy groups -OCH3 is 1. The fourth-order valence-electron chi connectivity index (χ4n) is 7.75. The molecule has 154 valence electrons. The van der Waals surface area contributed by atoms with Gasteiger partial charge in [-0.1, -0.05) is 29.2 Å². The lowest BCUT2D eigenvalue weighted by Crippen LogP contribution is -2.65. The van der Waals surface area contributed by atoms with Gasteiger partial charge in [-0.15, -0.1) is 0 Å². The van der Waals surface area contributed by atoms with Crippen molar-refractivity contribution in [3.8, 4) is 0 Å². The van der Waals surface area contributed by atoms with Gasteiger partial charge in [0.05, 0.1) is 34.8 Å². The van der Waals surface area contributed by atoms with Crippen molar-refractivity contribution in [1.29, 1.82) is 0 Å². The van der Waals surface area contributed by atoms with Crippen LogP contribution in [0.3, 0.4) is 0 Å². The van der Waals surface area contributed by atoms with Crippen molar-refractivity contribution in [3.05, 3.63) is 12.2 Å². The maximum Gasteiger partial charge on any atom is 0.315 e. The summed E-state index contributed by atoms with van der Waals surface area (Å²) in [6.45, 7) is 5.69. The standard InChI is InChI=1S/C20H25IO7/c1-8-6-18-7-19(8,26)5-4-9(18)20-12(10(18)15(24)27-3)17(2,16(25)28-20)14(23)11(22)13(20)21/h9-14,22-23,26H,1,4-7H2,2-3H3/t9-,10-,11+,12-,13-,14+,17+,18+,19+,20-/m1/s1. The second kappa shape index (κ2) is 5.31. The summed E-state index contributed by atoms with van der Waals surface area (Å²) in [7, 11) is 1.32. The van der Waals surface area contributed by atoms with Gasteiger partial charge in [0, 0.05) is 11.8 Å². The molecule has 3 N–H and O–H groups in total. The van der Waals surface area contributed by atoms with Crippen LogP contribution in [0.15, 0.2) is 12.2 Å². The van der Waals surface area contributed by atoms with Gasteiger partial charge < -0.3 is 24.8 Å². The normalized spacial score (nSPS) is 58.9. The molecule has 0 amide bonds. The lowest BCUT2D eigenvalue weighted by atomic mass is 9.58. The molecule has 1 spiro atoms. The summed E-state index contributed by atoms with van der Waals surface area (Å²) in [6, 6.07) is 0. The van der Waals surface area contributed by atoms with Crippen LogP contribution in [0.1, 0.15) is 32.6 Å². The molecule has 0 aromatic heterocycles. The minimum Gasteiger partial charge on any atom is -0.469 e. The SMILES string of the molecule is C=C1C[C@]23C[C@@]1(O)CC[C@H]2[C@@]12OC(=O)[C@@](C)([C@H]1[C@@H]3C(=O)OC)[C@@H](O)[C@@H](O)[C@H]2I. The Bertz CT molecular complexity index is 814. The van der Waals surface area contributed by atoms with Crippen molar-refractivity contribution in [2.75, 3.05) is 7.11 Å². The molecular formula is C20H25IO7. The van der Waals surface area contributed by atoms with Crippen LogP contribution in [0.2, 0.25) is 0 Å². The van der Waals surface area contributed by atoms with Crippen LogP contribution < -0.4 is 0 Å². The molecule has 7 nitrogen and oxygen atoms in total. The van der Waals surface area contributed by atoms with E-state index in [1.807, 2.05) is 0 Å². The Morgan fingerprint density at radius 1 is 1.39 bits per heavy atom. The third-order valence-electron chi connectivity index (χ3n) is 8.83. The molecule has 1 aliphatic heterocycles. The monoisotopic (exact) mass is 504 g/mol. The van der Waals surface area contributed by atoms with Crippen molar-refractivity contribution >= 4 is 34.5 Å². The highest BCUT2D eigenvalue weighted by atomic mass is 127. The molecule has 5 fully saturated rings. The van der Waals surface area contributed by atoms with E-state index >= 15 is 0 Å². The van der Waals surface area contributed by atoms with Crippen LogP contribution in [0.5, 0.6) is 0 Å². The highest BCUT2D eigenvalue weighted by molar-refractivity contribution is 14.1. The topological polar surface area (TPSA) is 113 Å². The minimum absolute atomic E-state index is 0.219. The summed E-state index contributed by atoms with van der Waals surface area (Å²) in [5.74, 6) is -2.58. The first kappa shape index (κ1) is 19.3. The molecular weight excluding hydrogens is 479 g/mol. The summed E-state index contributed by atoms with van der Waals surface area (Å²) in [5.41, 5.74) is -3.46. The average Bonchev–Trinajstić information content (AvgIpc) is 3.10. The van der Waals surface area contributed by atoms with E-state index in [-0.39, 0.29) is 5.92 Å². The zero-order chi connectivity index (χ0) is 20.4. The number of carbonyl (C=O) groups excluding carboxylic acids is 2.